The molecule has 0 heterocycles. The van der Waals surface area contributed by atoms with Gasteiger partial charge in [-0.2, -0.15) is 17.0 Å². The van der Waals surface area contributed by atoms with E-state index in [1.807, 2.05) is 24.3 Å². The van der Waals surface area contributed by atoms with Crippen LogP contribution in [0.4, 0.5) is 5.69 Å². The van der Waals surface area contributed by atoms with E-state index in [1.54, 1.807) is 60.3 Å². The summed E-state index contributed by atoms with van der Waals surface area (Å²) in [6.07, 6.45) is 0. The third-order valence-corrected chi connectivity index (χ3v) is 6.17. The van der Waals surface area contributed by atoms with E-state index in [2.05, 4.69) is 32.6 Å². The molecule has 0 aromatic heterocycles. The van der Waals surface area contributed by atoms with Crippen LogP contribution in [-0.4, -0.2) is 24.1 Å². The molecule has 2 amide bonds. The molecule has 5 nitrogen and oxygen atoms in total. The van der Waals surface area contributed by atoms with Gasteiger partial charge in [0.15, 0.2) is 0 Å². The number of nitrogens with one attached hydrogen (secondary N) is 2. The lowest BCUT2D eigenvalue weighted by Crippen LogP contribution is -2.27. The molecule has 3 aromatic carbocycles. The second kappa shape index (κ2) is 11.3. The lowest BCUT2D eigenvalue weighted by atomic mass is 10.1. The Bertz CT molecular complexity index is 1130. The summed E-state index contributed by atoms with van der Waals surface area (Å²) in [5.74, 6) is 0.871. The van der Waals surface area contributed by atoms with Gasteiger partial charge < -0.3 is 10.6 Å². The van der Waals surface area contributed by atoms with Crippen molar-refractivity contribution in [3.8, 4) is 6.07 Å². The molecule has 0 atom stereocenters. The van der Waals surface area contributed by atoms with E-state index < -0.39 is 0 Å². The van der Waals surface area contributed by atoms with Gasteiger partial charge in [0, 0.05) is 22.5 Å². The smallest absolute Gasteiger partial charge is 0.256 e. The summed E-state index contributed by atoms with van der Waals surface area (Å²) in [6, 6.07) is 23.7. The molecule has 31 heavy (non-hydrogen) atoms. The van der Waals surface area contributed by atoms with Gasteiger partial charge in [-0.3, -0.25) is 9.59 Å². The fourth-order valence-electron chi connectivity index (χ4n) is 2.89. The molecule has 0 bridgehead atoms. The number of halogens is 1. The average Bonchev–Trinajstić information content (AvgIpc) is 2.79. The number of anilines is 1. The SMILES string of the molecule is N#Cc1ccccc1CSCCNC(=O)c1ccccc1NC(=O)c1ccccc1Br. The molecule has 0 fully saturated rings. The quantitative estimate of drug-likeness (QED) is 0.420. The molecule has 0 unspecified atom stereocenters. The predicted molar refractivity (Wildman–Crippen MR) is 128 cm³/mol. The van der Waals surface area contributed by atoms with Crippen LogP contribution in [0.1, 0.15) is 31.8 Å². The Balaban J connectivity index is 1.55. The summed E-state index contributed by atoms with van der Waals surface area (Å²) in [5, 5.41) is 14.9. The number of benzene rings is 3. The number of nitrogens with zero attached hydrogens (tertiary/aromatic N) is 1. The van der Waals surface area contributed by atoms with Crippen molar-refractivity contribution in [2.75, 3.05) is 17.6 Å². The number of rotatable bonds is 8. The summed E-state index contributed by atoms with van der Waals surface area (Å²) >= 11 is 5.02. The molecule has 7 heteroatoms. The number of hydrogen-bond acceptors (Lipinski definition) is 4. The number of nitriles is 1. The highest BCUT2D eigenvalue weighted by Gasteiger charge is 2.15. The zero-order valence-electron chi connectivity index (χ0n) is 16.6. The number of para-hydroxylation sites is 1. The van der Waals surface area contributed by atoms with Gasteiger partial charge in [0.25, 0.3) is 11.8 Å². The molecule has 0 aliphatic rings. The van der Waals surface area contributed by atoms with Crippen molar-refractivity contribution in [3.05, 3.63) is 99.5 Å². The number of thioether (sulfide) groups is 1. The van der Waals surface area contributed by atoms with E-state index in [0.29, 0.717) is 44.9 Å². The molecule has 0 spiro atoms. The lowest BCUT2D eigenvalue weighted by Gasteiger charge is -2.12. The Kier molecular flexibility index (Phi) is 8.27. The molecule has 0 aliphatic heterocycles. The minimum absolute atomic E-state index is 0.249. The molecular weight excluding hydrogens is 474 g/mol. The molecule has 0 saturated heterocycles. The van der Waals surface area contributed by atoms with Gasteiger partial charge in [-0.25, -0.2) is 0 Å². The van der Waals surface area contributed by atoms with Gasteiger partial charge >= 0.3 is 0 Å². The molecule has 0 saturated carbocycles. The highest BCUT2D eigenvalue weighted by Crippen LogP contribution is 2.20. The standard InChI is InChI=1S/C24H20BrN3O2S/c25-21-11-5-3-9-19(21)24(30)28-22-12-6-4-10-20(22)23(29)27-13-14-31-16-18-8-2-1-7-17(18)15-26/h1-12H,13-14,16H2,(H,27,29)(H,28,30). The zero-order valence-corrected chi connectivity index (χ0v) is 19.0. The van der Waals surface area contributed by atoms with Gasteiger partial charge in [0.1, 0.15) is 0 Å². The van der Waals surface area contributed by atoms with E-state index in [0.717, 1.165) is 5.56 Å². The third-order valence-electron chi connectivity index (χ3n) is 4.47. The first-order valence-electron chi connectivity index (χ1n) is 9.59. The second-order valence-electron chi connectivity index (χ2n) is 6.56. The Labute approximate surface area is 194 Å². The first-order chi connectivity index (χ1) is 15.1. The average molecular weight is 494 g/mol. The van der Waals surface area contributed by atoms with Crippen molar-refractivity contribution in [3.63, 3.8) is 0 Å². The highest BCUT2D eigenvalue weighted by molar-refractivity contribution is 9.10. The van der Waals surface area contributed by atoms with E-state index in [1.165, 1.54) is 0 Å². The number of hydrogen-bond donors (Lipinski definition) is 2. The van der Waals surface area contributed by atoms with Crippen LogP contribution in [0.25, 0.3) is 0 Å². The highest BCUT2D eigenvalue weighted by atomic mass is 79.9. The summed E-state index contributed by atoms with van der Waals surface area (Å²) in [7, 11) is 0. The van der Waals surface area contributed by atoms with Gasteiger partial charge in [0.05, 0.1) is 28.4 Å². The van der Waals surface area contributed by atoms with Crippen LogP contribution in [0.5, 0.6) is 0 Å². The van der Waals surface area contributed by atoms with Gasteiger partial charge in [0.2, 0.25) is 0 Å². The largest absolute Gasteiger partial charge is 0.351 e. The van der Waals surface area contributed by atoms with Gasteiger partial charge in [-0.1, -0.05) is 42.5 Å². The maximum absolute atomic E-state index is 12.7. The lowest BCUT2D eigenvalue weighted by molar-refractivity contribution is 0.0957. The summed E-state index contributed by atoms with van der Waals surface area (Å²) in [4.78, 5) is 25.3. The molecular formula is C24H20BrN3O2S. The van der Waals surface area contributed by atoms with Crippen LogP contribution < -0.4 is 10.6 Å². The number of carbonyl (C=O) groups excluding carboxylic acids is 2. The predicted octanol–water partition coefficient (Wildman–Crippen LogP) is 5.24. The zero-order chi connectivity index (χ0) is 22.1. The fourth-order valence-corrected chi connectivity index (χ4v) is 4.22. The number of carbonyl (C=O) groups is 2. The van der Waals surface area contributed by atoms with Crippen LogP contribution in [0.2, 0.25) is 0 Å². The molecule has 3 aromatic rings. The van der Waals surface area contributed by atoms with Crippen LogP contribution in [-0.2, 0) is 5.75 Å². The van der Waals surface area contributed by atoms with Crippen molar-refractivity contribution in [1.29, 1.82) is 5.26 Å². The van der Waals surface area contributed by atoms with Crippen molar-refractivity contribution >= 4 is 45.2 Å². The first kappa shape index (κ1) is 22.6. The van der Waals surface area contributed by atoms with E-state index in [9.17, 15) is 9.59 Å². The minimum Gasteiger partial charge on any atom is -0.351 e. The Morgan fingerprint density at radius 3 is 2.35 bits per heavy atom. The van der Waals surface area contributed by atoms with Crippen molar-refractivity contribution < 1.29 is 9.59 Å². The Morgan fingerprint density at radius 1 is 0.903 bits per heavy atom. The normalized spacial score (nSPS) is 10.2. The summed E-state index contributed by atoms with van der Waals surface area (Å²) in [5.41, 5.74) is 3.01. The maximum atomic E-state index is 12.7. The maximum Gasteiger partial charge on any atom is 0.256 e. The summed E-state index contributed by atoms with van der Waals surface area (Å²) < 4.78 is 0.685. The molecule has 156 valence electrons. The van der Waals surface area contributed by atoms with Gasteiger partial charge in [-0.15, -0.1) is 0 Å². The number of amides is 2. The monoisotopic (exact) mass is 493 g/mol. The minimum atomic E-state index is -0.292. The van der Waals surface area contributed by atoms with Crippen molar-refractivity contribution in [2.45, 2.75) is 5.75 Å². The van der Waals surface area contributed by atoms with Crippen LogP contribution in [0.3, 0.4) is 0 Å². The van der Waals surface area contributed by atoms with Crippen LogP contribution in [0, 0.1) is 11.3 Å². The van der Waals surface area contributed by atoms with Crippen LogP contribution in [0.15, 0.2) is 77.3 Å². The van der Waals surface area contributed by atoms with Crippen LogP contribution >= 0.6 is 27.7 Å². The second-order valence-corrected chi connectivity index (χ2v) is 8.52. The first-order valence-corrected chi connectivity index (χ1v) is 11.5. The van der Waals surface area contributed by atoms with Crippen molar-refractivity contribution in [1.82, 2.24) is 5.32 Å². The molecule has 0 aliphatic carbocycles. The topological polar surface area (TPSA) is 82.0 Å². The molecule has 0 radical (unpaired) electrons. The molecule has 3 rings (SSSR count). The fraction of sp³-hybridized carbons (Fsp3) is 0.125. The summed E-state index contributed by atoms with van der Waals surface area (Å²) in [6.45, 7) is 0.477. The molecule has 2 N–H and O–H groups in total. The van der Waals surface area contributed by atoms with Gasteiger partial charge in [-0.05, 0) is 51.8 Å². The van der Waals surface area contributed by atoms with E-state index >= 15 is 0 Å². The van der Waals surface area contributed by atoms with Crippen molar-refractivity contribution in [2.24, 2.45) is 0 Å². The third kappa shape index (κ3) is 6.20. The van der Waals surface area contributed by atoms with E-state index in [-0.39, 0.29) is 11.8 Å². The Morgan fingerprint density at radius 2 is 1.58 bits per heavy atom. The van der Waals surface area contributed by atoms with E-state index in [4.69, 9.17) is 5.26 Å². The Hall–Kier alpha value is -3.08.